The molecule has 96 valence electrons. The van der Waals surface area contributed by atoms with Gasteiger partial charge in [0.1, 0.15) is 11.4 Å². The van der Waals surface area contributed by atoms with Gasteiger partial charge in [0.25, 0.3) is 0 Å². The molecule has 0 bridgehead atoms. The quantitative estimate of drug-likeness (QED) is 0.826. The van der Waals surface area contributed by atoms with Crippen molar-refractivity contribution in [1.82, 2.24) is 10.3 Å². The van der Waals surface area contributed by atoms with Crippen LogP contribution in [0.5, 0.6) is 0 Å². The highest BCUT2D eigenvalue weighted by Crippen LogP contribution is 2.08. The first kappa shape index (κ1) is 13.5. The van der Waals surface area contributed by atoms with Gasteiger partial charge in [0.15, 0.2) is 6.39 Å². The van der Waals surface area contributed by atoms with Crippen molar-refractivity contribution < 1.29 is 13.9 Å². The number of oxazole rings is 1. The number of carbonyl (C=O) groups is 1. The number of rotatable bonds is 4. The van der Waals surface area contributed by atoms with E-state index >= 15 is 0 Å². The van der Waals surface area contributed by atoms with E-state index in [0.717, 1.165) is 5.69 Å². The zero-order chi connectivity index (χ0) is 12.9. The van der Waals surface area contributed by atoms with Gasteiger partial charge in [-0.3, -0.25) is 0 Å². The fourth-order valence-electron chi connectivity index (χ4n) is 1.26. The number of alkyl carbamates (subject to hydrolysis) is 1. The molecule has 0 radical (unpaired) electrons. The molecule has 0 aromatic carbocycles. The highest BCUT2D eigenvalue weighted by Gasteiger charge is 2.15. The molecule has 1 heterocycles. The third-order valence-electron chi connectivity index (χ3n) is 1.94. The first-order chi connectivity index (χ1) is 7.92. The molecule has 3 N–H and O–H groups in total. The Kier molecular flexibility index (Phi) is 4.51. The van der Waals surface area contributed by atoms with Crippen LogP contribution in [-0.4, -0.2) is 23.2 Å². The molecule has 1 aromatic heterocycles. The monoisotopic (exact) mass is 241 g/mol. The van der Waals surface area contributed by atoms with Crippen molar-refractivity contribution >= 4 is 6.09 Å². The minimum Gasteiger partial charge on any atom is -0.448 e. The van der Waals surface area contributed by atoms with Gasteiger partial charge in [-0.05, 0) is 20.8 Å². The maximum absolute atomic E-state index is 11.3. The van der Waals surface area contributed by atoms with Gasteiger partial charge in [-0.1, -0.05) is 0 Å². The average molecular weight is 241 g/mol. The number of ether oxygens (including phenoxy) is 1. The Balaban J connectivity index is 2.31. The molecule has 0 aliphatic rings. The summed E-state index contributed by atoms with van der Waals surface area (Å²) in [5.74, 6) is 0.698. The molecule has 0 spiro atoms. The number of hydrogen-bond acceptors (Lipinski definition) is 5. The van der Waals surface area contributed by atoms with Gasteiger partial charge in [0.2, 0.25) is 0 Å². The second kappa shape index (κ2) is 5.67. The second-order valence-electron chi connectivity index (χ2n) is 4.61. The topological polar surface area (TPSA) is 90.4 Å². The van der Waals surface area contributed by atoms with E-state index in [9.17, 15) is 4.79 Å². The molecule has 0 unspecified atom stereocenters. The van der Waals surface area contributed by atoms with E-state index < -0.39 is 11.7 Å². The second-order valence-corrected chi connectivity index (χ2v) is 4.61. The smallest absolute Gasteiger partial charge is 0.407 e. The van der Waals surface area contributed by atoms with Gasteiger partial charge in [-0.25, -0.2) is 9.78 Å². The van der Waals surface area contributed by atoms with Gasteiger partial charge in [0.05, 0.1) is 5.69 Å². The van der Waals surface area contributed by atoms with Crippen LogP contribution in [0.1, 0.15) is 32.2 Å². The van der Waals surface area contributed by atoms with E-state index in [2.05, 4.69) is 10.3 Å². The molecule has 6 nitrogen and oxygen atoms in total. The summed E-state index contributed by atoms with van der Waals surface area (Å²) >= 11 is 0. The number of nitrogens with two attached hydrogens (primary N) is 1. The summed E-state index contributed by atoms with van der Waals surface area (Å²) < 4.78 is 10.2. The summed E-state index contributed by atoms with van der Waals surface area (Å²) in [5, 5.41) is 2.64. The largest absolute Gasteiger partial charge is 0.448 e. The van der Waals surface area contributed by atoms with Crippen LogP contribution in [0.15, 0.2) is 10.8 Å². The van der Waals surface area contributed by atoms with Crippen molar-refractivity contribution in [1.29, 1.82) is 0 Å². The molecule has 0 saturated heterocycles. The molecule has 0 atom stereocenters. The van der Waals surface area contributed by atoms with Crippen LogP contribution in [0, 0.1) is 0 Å². The predicted molar refractivity (Wildman–Crippen MR) is 62.3 cm³/mol. The molecule has 6 heteroatoms. The lowest BCUT2D eigenvalue weighted by Crippen LogP contribution is -2.33. The van der Waals surface area contributed by atoms with E-state index in [1.807, 2.05) is 20.8 Å². The zero-order valence-corrected chi connectivity index (χ0v) is 10.4. The maximum Gasteiger partial charge on any atom is 0.407 e. The van der Waals surface area contributed by atoms with Crippen LogP contribution in [0.25, 0.3) is 0 Å². The number of nitrogens with zero attached hydrogens (tertiary/aromatic N) is 1. The summed E-state index contributed by atoms with van der Waals surface area (Å²) in [5.41, 5.74) is 5.71. The van der Waals surface area contributed by atoms with E-state index in [-0.39, 0.29) is 0 Å². The average Bonchev–Trinajstić information content (AvgIpc) is 2.62. The number of hydrogen-bond donors (Lipinski definition) is 2. The van der Waals surface area contributed by atoms with Crippen LogP contribution in [0.3, 0.4) is 0 Å². The summed E-state index contributed by atoms with van der Waals surface area (Å²) in [6.45, 7) is 6.20. The van der Waals surface area contributed by atoms with E-state index in [1.165, 1.54) is 6.39 Å². The Morgan fingerprint density at radius 2 is 2.29 bits per heavy atom. The van der Waals surface area contributed by atoms with Crippen LogP contribution < -0.4 is 11.1 Å². The maximum atomic E-state index is 11.3. The normalized spacial score (nSPS) is 11.3. The van der Waals surface area contributed by atoms with Crippen LogP contribution >= 0.6 is 0 Å². The van der Waals surface area contributed by atoms with E-state index in [4.69, 9.17) is 14.9 Å². The standard InChI is InChI=1S/C11H19N3O3/c1-11(2,3)17-10(15)13-5-4-9-8(6-12)14-7-16-9/h7H,4-6,12H2,1-3H3,(H,13,15). The van der Waals surface area contributed by atoms with E-state index in [0.29, 0.717) is 25.3 Å². The highest BCUT2D eigenvalue weighted by molar-refractivity contribution is 5.67. The first-order valence-electron chi connectivity index (χ1n) is 5.50. The number of aromatic nitrogens is 1. The minimum absolute atomic E-state index is 0.332. The zero-order valence-electron chi connectivity index (χ0n) is 10.4. The Labute approximate surface area is 101 Å². The number of nitrogens with one attached hydrogen (secondary N) is 1. The summed E-state index contributed by atoms with van der Waals surface area (Å²) in [7, 11) is 0. The predicted octanol–water partition coefficient (Wildman–Crippen LogP) is 1.20. The van der Waals surface area contributed by atoms with Crippen LogP contribution in [-0.2, 0) is 17.7 Å². The van der Waals surface area contributed by atoms with Crippen LogP contribution in [0.4, 0.5) is 4.79 Å². The Morgan fingerprint density at radius 3 is 2.88 bits per heavy atom. The van der Waals surface area contributed by atoms with E-state index in [1.54, 1.807) is 0 Å². The molecular formula is C11H19N3O3. The van der Waals surface area contributed by atoms with Crippen molar-refractivity contribution in [2.24, 2.45) is 5.73 Å². The molecule has 0 aliphatic heterocycles. The molecular weight excluding hydrogens is 222 g/mol. The third-order valence-corrected chi connectivity index (χ3v) is 1.94. The third kappa shape index (κ3) is 4.86. The van der Waals surface area contributed by atoms with Gasteiger partial charge in [0, 0.05) is 19.5 Å². The molecule has 1 rings (SSSR count). The molecule has 0 fully saturated rings. The van der Waals surface area contributed by atoms with Crippen molar-refractivity contribution in [2.75, 3.05) is 6.54 Å². The lowest BCUT2D eigenvalue weighted by atomic mass is 10.2. The SMILES string of the molecule is CC(C)(C)OC(=O)NCCc1ocnc1CN. The fourth-order valence-corrected chi connectivity index (χ4v) is 1.26. The minimum atomic E-state index is -0.487. The van der Waals surface area contributed by atoms with Crippen molar-refractivity contribution in [3.8, 4) is 0 Å². The number of amides is 1. The van der Waals surface area contributed by atoms with Gasteiger partial charge >= 0.3 is 6.09 Å². The van der Waals surface area contributed by atoms with Gasteiger partial charge in [-0.2, -0.15) is 0 Å². The van der Waals surface area contributed by atoms with Crippen molar-refractivity contribution in [2.45, 2.75) is 39.3 Å². The Hall–Kier alpha value is -1.56. The molecule has 0 saturated carbocycles. The van der Waals surface area contributed by atoms with Crippen molar-refractivity contribution in [3.05, 3.63) is 17.8 Å². The van der Waals surface area contributed by atoms with Gasteiger partial charge < -0.3 is 20.2 Å². The summed E-state index contributed by atoms with van der Waals surface area (Å²) in [6, 6.07) is 0. The summed E-state index contributed by atoms with van der Waals surface area (Å²) in [6.07, 6.45) is 1.46. The molecule has 0 aliphatic carbocycles. The first-order valence-corrected chi connectivity index (χ1v) is 5.50. The summed E-state index contributed by atoms with van der Waals surface area (Å²) in [4.78, 5) is 15.3. The molecule has 1 amide bonds. The molecule has 1 aromatic rings. The number of carbonyl (C=O) groups excluding carboxylic acids is 1. The lowest BCUT2D eigenvalue weighted by Gasteiger charge is -2.19. The fraction of sp³-hybridized carbons (Fsp3) is 0.636. The van der Waals surface area contributed by atoms with Crippen LogP contribution in [0.2, 0.25) is 0 Å². The van der Waals surface area contributed by atoms with Gasteiger partial charge in [-0.15, -0.1) is 0 Å². The lowest BCUT2D eigenvalue weighted by molar-refractivity contribution is 0.0528. The highest BCUT2D eigenvalue weighted by atomic mass is 16.6. The van der Waals surface area contributed by atoms with Crippen molar-refractivity contribution in [3.63, 3.8) is 0 Å². The Bertz CT molecular complexity index is 368. The Morgan fingerprint density at radius 1 is 1.59 bits per heavy atom. The molecule has 17 heavy (non-hydrogen) atoms.